The second kappa shape index (κ2) is 4.33. The first-order valence-corrected chi connectivity index (χ1v) is 5.74. The fourth-order valence-electron chi connectivity index (χ4n) is 1.89. The van der Waals surface area contributed by atoms with Crippen LogP contribution in [0.3, 0.4) is 0 Å². The first-order chi connectivity index (χ1) is 8.00. The molecule has 2 rings (SSSR count). The summed E-state index contributed by atoms with van der Waals surface area (Å²) >= 11 is 0. The Kier molecular flexibility index (Phi) is 3.02. The highest BCUT2D eigenvalue weighted by molar-refractivity contribution is 5.93. The molecule has 0 aliphatic heterocycles. The summed E-state index contributed by atoms with van der Waals surface area (Å²) in [6, 6.07) is 2.91. The quantitative estimate of drug-likeness (QED) is 0.774. The average molecular weight is 235 g/mol. The van der Waals surface area contributed by atoms with E-state index in [1.165, 1.54) is 22.9 Å². The summed E-state index contributed by atoms with van der Waals surface area (Å²) in [5, 5.41) is 2.81. The molecule has 0 radical (unpaired) electrons. The molecule has 0 spiro atoms. The van der Waals surface area contributed by atoms with Gasteiger partial charge in [-0.1, -0.05) is 0 Å². The first-order valence-electron chi connectivity index (χ1n) is 5.74. The van der Waals surface area contributed by atoms with Gasteiger partial charge in [-0.05, 0) is 25.3 Å². The number of amides is 1. The van der Waals surface area contributed by atoms with Crippen LogP contribution in [0.5, 0.6) is 0 Å². The van der Waals surface area contributed by atoms with Gasteiger partial charge in [0.1, 0.15) is 0 Å². The molecule has 5 heteroatoms. The van der Waals surface area contributed by atoms with Crippen molar-refractivity contribution in [3.05, 3.63) is 34.2 Å². The molecule has 1 aliphatic rings. The summed E-state index contributed by atoms with van der Waals surface area (Å²) in [7, 11) is 1.62. The van der Waals surface area contributed by atoms with Gasteiger partial charge in [-0.3, -0.25) is 9.59 Å². The molecule has 1 heterocycles. The molecule has 92 valence electrons. The van der Waals surface area contributed by atoms with E-state index in [2.05, 4.69) is 5.32 Å². The highest BCUT2D eigenvalue weighted by atomic mass is 16.2. The van der Waals surface area contributed by atoms with Gasteiger partial charge in [-0.25, -0.2) is 0 Å². The van der Waals surface area contributed by atoms with Crippen molar-refractivity contribution in [2.75, 3.05) is 6.54 Å². The largest absolute Gasteiger partial charge is 0.350 e. The molecule has 5 nitrogen and oxygen atoms in total. The van der Waals surface area contributed by atoms with E-state index in [4.69, 9.17) is 5.73 Å². The molecule has 1 aromatic heterocycles. The lowest BCUT2D eigenvalue weighted by Gasteiger charge is -2.38. The maximum absolute atomic E-state index is 11.8. The van der Waals surface area contributed by atoms with E-state index in [-0.39, 0.29) is 17.0 Å². The van der Waals surface area contributed by atoms with E-state index >= 15 is 0 Å². The van der Waals surface area contributed by atoms with Crippen molar-refractivity contribution in [2.24, 2.45) is 12.8 Å². The number of nitrogens with zero attached hydrogens (tertiary/aromatic N) is 1. The van der Waals surface area contributed by atoms with Gasteiger partial charge >= 0.3 is 0 Å². The number of pyridine rings is 1. The minimum Gasteiger partial charge on any atom is -0.350 e. The lowest BCUT2D eigenvalue weighted by Crippen LogP contribution is -2.54. The molecule has 3 N–H and O–H groups in total. The Morgan fingerprint density at radius 1 is 1.53 bits per heavy atom. The lowest BCUT2D eigenvalue weighted by molar-refractivity contribution is 0.0929. The predicted octanol–water partition coefficient (Wildman–Crippen LogP) is -0.00350. The number of carbonyl (C=O) groups excluding carboxylic acids is 1. The van der Waals surface area contributed by atoms with E-state index in [0.29, 0.717) is 12.1 Å². The maximum atomic E-state index is 11.8. The Hall–Kier alpha value is -1.62. The standard InChI is InChI=1S/C12H17N3O2/c1-15-7-9(3-4-10(15)16)11(17)14-8-12(13)5-2-6-12/h3-4,7H,2,5-6,8,13H2,1H3,(H,14,17). The van der Waals surface area contributed by atoms with Crippen LogP contribution in [0.15, 0.2) is 23.1 Å². The van der Waals surface area contributed by atoms with Gasteiger partial charge in [0.05, 0.1) is 5.56 Å². The van der Waals surface area contributed by atoms with Crippen LogP contribution in [0.25, 0.3) is 0 Å². The van der Waals surface area contributed by atoms with Crippen molar-refractivity contribution < 1.29 is 4.79 Å². The fraction of sp³-hybridized carbons (Fsp3) is 0.500. The highest BCUT2D eigenvalue weighted by Crippen LogP contribution is 2.28. The van der Waals surface area contributed by atoms with Crippen molar-refractivity contribution in [3.8, 4) is 0 Å². The van der Waals surface area contributed by atoms with E-state index in [1.54, 1.807) is 7.05 Å². The Bertz CT molecular complexity index is 489. The Balaban J connectivity index is 1.99. The summed E-state index contributed by atoms with van der Waals surface area (Å²) in [5.74, 6) is -0.183. The first kappa shape index (κ1) is 11.9. The van der Waals surface area contributed by atoms with Crippen molar-refractivity contribution in [1.29, 1.82) is 0 Å². The number of nitrogens with two attached hydrogens (primary N) is 1. The molecule has 0 bridgehead atoms. The van der Waals surface area contributed by atoms with Crippen LogP contribution in [-0.4, -0.2) is 22.6 Å². The Labute approximate surface area is 99.6 Å². The lowest BCUT2D eigenvalue weighted by atomic mass is 9.78. The number of nitrogens with one attached hydrogen (secondary N) is 1. The summed E-state index contributed by atoms with van der Waals surface area (Å²) in [4.78, 5) is 23.0. The summed E-state index contributed by atoms with van der Waals surface area (Å²) in [6.45, 7) is 0.495. The van der Waals surface area contributed by atoms with E-state index in [1.807, 2.05) is 0 Å². The number of rotatable bonds is 3. The van der Waals surface area contributed by atoms with Gasteiger partial charge in [0.2, 0.25) is 5.56 Å². The summed E-state index contributed by atoms with van der Waals surface area (Å²) in [5.41, 5.74) is 6.14. The van der Waals surface area contributed by atoms with Gasteiger partial charge in [-0.2, -0.15) is 0 Å². The molecular weight excluding hydrogens is 218 g/mol. The van der Waals surface area contributed by atoms with Crippen LogP contribution in [0.1, 0.15) is 29.6 Å². The third-order valence-electron chi connectivity index (χ3n) is 3.30. The number of aromatic nitrogens is 1. The third kappa shape index (κ3) is 2.55. The topological polar surface area (TPSA) is 77.1 Å². The number of hydrogen-bond acceptors (Lipinski definition) is 3. The predicted molar refractivity (Wildman–Crippen MR) is 64.8 cm³/mol. The van der Waals surface area contributed by atoms with Crippen LogP contribution in [0.2, 0.25) is 0 Å². The molecule has 0 saturated heterocycles. The van der Waals surface area contributed by atoms with Crippen LogP contribution >= 0.6 is 0 Å². The van der Waals surface area contributed by atoms with E-state index in [9.17, 15) is 9.59 Å². The molecule has 1 aromatic rings. The number of aryl methyl sites for hydroxylation is 1. The smallest absolute Gasteiger partial charge is 0.252 e. The van der Waals surface area contributed by atoms with Crippen molar-refractivity contribution in [3.63, 3.8) is 0 Å². The molecule has 1 saturated carbocycles. The van der Waals surface area contributed by atoms with Gasteiger partial charge in [0.25, 0.3) is 5.91 Å². The zero-order chi connectivity index (χ0) is 12.5. The molecule has 0 aromatic carbocycles. The minimum absolute atomic E-state index is 0.129. The highest BCUT2D eigenvalue weighted by Gasteiger charge is 2.32. The average Bonchev–Trinajstić information content (AvgIpc) is 2.27. The second-order valence-corrected chi connectivity index (χ2v) is 4.77. The minimum atomic E-state index is -0.226. The Morgan fingerprint density at radius 3 is 2.76 bits per heavy atom. The molecule has 0 unspecified atom stereocenters. The van der Waals surface area contributed by atoms with Crippen LogP contribution in [0, 0.1) is 0 Å². The zero-order valence-electron chi connectivity index (χ0n) is 9.90. The van der Waals surface area contributed by atoms with Gasteiger partial charge in [0, 0.05) is 31.4 Å². The van der Waals surface area contributed by atoms with E-state index in [0.717, 1.165) is 19.3 Å². The summed E-state index contributed by atoms with van der Waals surface area (Å²) < 4.78 is 1.39. The molecular formula is C12H17N3O2. The van der Waals surface area contributed by atoms with Crippen LogP contribution in [0.4, 0.5) is 0 Å². The van der Waals surface area contributed by atoms with Crippen LogP contribution < -0.4 is 16.6 Å². The van der Waals surface area contributed by atoms with Crippen molar-refractivity contribution in [1.82, 2.24) is 9.88 Å². The van der Waals surface area contributed by atoms with Crippen LogP contribution in [-0.2, 0) is 7.05 Å². The van der Waals surface area contributed by atoms with Gasteiger partial charge in [-0.15, -0.1) is 0 Å². The number of hydrogen-bond donors (Lipinski definition) is 2. The third-order valence-corrected chi connectivity index (χ3v) is 3.30. The molecule has 17 heavy (non-hydrogen) atoms. The molecule has 1 amide bonds. The van der Waals surface area contributed by atoms with Crippen molar-refractivity contribution >= 4 is 5.91 Å². The molecule has 1 aliphatic carbocycles. The fourth-order valence-corrected chi connectivity index (χ4v) is 1.89. The summed E-state index contributed by atoms with van der Waals surface area (Å²) in [6.07, 6.45) is 4.58. The normalized spacial score (nSPS) is 17.3. The van der Waals surface area contributed by atoms with Crippen molar-refractivity contribution in [2.45, 2.75) is 24.8 Å². The van der Waals surface area contributed by atoms with Gasteiger partial charge < -0.3 is 15.6 Å². The monoisotopic (exact) mass is 235 g/mol. The van der Waals surface area contributed by atoms with E-state index < -0.39 is 0 Å². The Morgan fingerprint density at radius 2 is 2.24 bits per heavy atom. The second-order valence-electron chi connectivity index (χ2n) is 4.77. The molecule has 1 fully saturated rings. The SMILES string of the molecule is Cn1cc(C(=O)NCC2(N)CCC2)ccc1=O. The number of carbonyl (C=O) groups is 1. The van der Waals surface area contributed by atoms with Gasteiger partial charge in [0.15, 0.2) is 0 Å². The molecule has 0 atom stereocenters. The maximum Gasteiger partial charge on any atom is 0.252 e. The zero-order valence-corrected chi connectivity index (χ0v) is 9.90.